The minimum atomic E-state index is -0.133. The Bertz CT molecular complexity index is 1030. The van der Waals surface area contributed by atoms with Crippen molar-refractivity contribution in [1.82, 2.24) is 4.98 Å². The minimum absolute atomic E-state index is 0.133. The summed E-state index contributed by atoms with van der Waals surface area (Å²) in [6, 6.07) is 17.4. The van der Waals surface area contributed by atoms with Crippen LogP contribution in [0.3, 0.4) is 0 Å². The Morgan fingerprint density at radius 3 is 2.63 bits per heavy atom. The molecule has 0 bridgehead atoms. The summed E-state index contributed by atoms with van der Waals surface area (Å²) in [6.07, 6.45) is 4.22. The van der Waals surface area contributed by atoms with Crippen LogP contribution in [0.25, 0.3) is 11.1 Å². The van der Waals surface area contributed by atoms with Crippen LogP contribution in [0, 0.1) is 12.8 Å². The van der Waals surface area contributed by atoms with E-state index >= 15 is 0 Å². The van der Waals surface area contributed by atoms with Gasteiger partial charge in [-0.05, 0) is 72.7 Å². The lowest BCUT2D eigenvalue weighted by Crippen LogP contribution is -2.34. The highest BCUT2D eigenvalue weighted by Gasteiger charge is 2.18. The second-order valence-corrected chi connectivity index (χ2v) is 8.15. The zero-order valence-corrected chi connectivity index (χ0v) is 17.6. The molecule has 0 unspecified atom stereocenters. The molecule has 1 saturated heterocycles. The number of carbonyl (C=O) groups is 1. The molecule has 1 atom stereocenters. The first-order valence-electron chi connectivity index (χ1n) is 10.5. The van der Waals surface area contributed by atoms with Gasteiger partial charge in [-0.25, -0.2) is 4.98 Å². The summed E-state index contributed by atoms with van der Waals surface area (Å²) in [4.78, 5) is 19.8. The highest BCUT2D eigenvalue weighted by atomic mass is 16.1. The molecule has 2 heterocycles. The maximum atomic E-state index is 12.9. The van der Waals surface area contributed by atoms with E-state index in [9.17, 15) is 4.79 Å². The summed E-state index contributed by atoms with van der Waals surface area (Å²) >= 11 is 0. The maximum Gasteiger partial charge on any atom is 0.255 e. The number of nitrogens with one attached hydrogen (secondary N) is 1. The lowest BCUT2D eigenvalue weighted by atomic mass is 9.96. The number of aromatic nitrogens is 1. The van der Waals surface area contributed by atoms with Crippen molar-refractivity contribution >= 4 is 23.1 Å². The summed E-state index contributed by atoms with van der Waals surface area (Å²) in [5.74, 6) is 1.53. The predicted molar refractivity (Wildman–Crippen MR) is 124 cm³/mol. The lowest BCUT2D eigenvalue weighted by molar-refractivity contribution is 0.102. The van der Waals surface area contributed by atoms with Crippen molar-refractivity contribution in [3.63, 3.8) is 0 Å². The normalized spacial score (nSPS) is 16.3. The zero-order valence-electron chi connectivity index (χ0n) is 17.6. The fourth-order valence-electron chi connectivity index (χ4n) is 4.10. The van der Waals surface area contributed by atoms with Crippen LogP contribution < -0.4 is 16.0 Å². The molecular weight excluding hydrogens is 372 g/mol. The molecule has 154 valence electrons. The van der Waals surface area contributed by atoms with Gasteiger partial charge in [0.1, 0.15) is 5.82 Å². The van der Waals surface area contributed by atoms with Crippen molar-refractivity contribution in [3.05, 3.63) is 71.9 Å². The van der Waals surface area contributed by atoms with E-state index in [4.69, 9.17) is 5.73 Å². The molecule has 1 fully saturated rings. The van der Waals surface area contributed by atoms with E-state index in [2.05, 4.69) is 22.1 Å². The number of hydrogen-bond acceptors (Lipinski definition) is 4. The topological polar surface area (TPSA) is 71.2 Å². The van der Waals surface area contributed by atoms with Crippen LogP contribution in [-0.4, -0.2) is 24.0 Å². The largest absolute Gasteiger partial charge is 0.399 e. The van der Waals surface area contributed by atoms with Crippen LogP contribution in [0.1, 0.15) is 35.7 Å². The Labute approximate surface area is 177 Å². The van der Waals surface area contributed by atoms with Gasteiger partial charge in [-0.2, -0.15) is 0 Å². The molecule has 1 aliphatic rings. The third-order valence-electron chi connectivity index (χ3n) is 5.79. The van der Waals surface area contributed by atoms with Gasteiger partial charge in [0.05, 0.1) is 11.9 Å². The van der Waals surface area contributed by atoms with Gasteiger partial charge < -0.3 is 16.0 Å². The van der Waals surface area contributed by atoms with Crippen molar-refractivity contribution in [3.8, 4) is 11.1 Å². The van der Waals surface area contributed by atoms with E-state index in [0.29, 0.717) is 17.2 Å². The average Bonchev–Trinajstić information content (AvgIpc) is 2.75. The van der Waals surface area contributed by atoms with Gasteiger partial charge >= 0.3 is 0 Å². The van der Waals surface area contributed by atoms with Crippen molar-refractivity contribution in [2.24, 2.45) is 5.92 Å². The molecular formula is C25H28N4O. The molecule has 1 aliphatic heterocycles. The van der Waals surface area contributed by atoms with Crippen LogP contribution in [0.2, 0.25) is 0 Å². The fraction of sp³-hybridized carbons (Fsp3) is 0.280. The number of rotatable bonds is 4. The second-order valence-electron chi connectivity index (χ2n) is 8.15. The van der Waals surface area contributed by atoms with E-state index < -0.39 is 0 Å². The van der Waals surface area contributed by atoms with E-state index in [0.717, 1.165) is 41.3 Å². The maximum absolute atomic E-state index is 12.9. The average molecular weight is 401 g/mol. The van der Waals surface area contributed by atoms with Crippen molar-refractivity contribution in [2.45, 2.75) is 26.7 Å². The summed E-state index contributed by atoms with van der Waals surface area (Å²) in [7, 11) is 0. The van der Waals surface area contributed by atoms with Crippen LogP contribution in [-0.2, 0) is 0 Å². The summed E-state index contributed by atoms with van der Waals surface area (Å²) < 4.78 is 0. The van der Waals surface area contributed by atoms with Crippen LogP contribution in [0.5, 0.6) is 0 Å². The smallest absolute Gasteiger partial charge is 0.255 e. The Hall–Kier alpha value is -3.34. The Morgan fingerprint density at radius 1 is 1.13 bits per heavy atom. The minimum Gasteiger partial charge on any atom is -0.399 e. The van der Waals surface area contributed by atoms with E-state index in [1.54, 1.807) is 6.20 Å². The molecule has 1 aromatic heterocycles. The molecule has 4 rings (SSSR count). The number of anilines is 3. The van der Waals surface area contributed by atoms with Crippen molar-refractivity contribution in [1.29, 1.82) is 0 Å². The van der Waals surface area contributed by atoms with Crippen molar-refractivity contribution < 1.29 is 4.79 Å². The van der Waals surface area contributed by atoms with Gasteiger partial charge in [-0.3, -0.25) is 4.79 Å². The van der Waals surface area contributed by atoms with E-state index in [-0.39, 0.29) is 5.91 Å². The molecule has 2 aromatic carbocycles. The van der Waals surface area contributed by atoms with Gasteiger partial charge in [-0.15, -0.1) is 0 Å². The molecule has 3 N–H and O–H groups in total. The first-order chi connectivity index (χ1) is 14.5. The Kier molecular flexibility index (Phi) is 5.70. The molecule has 0 saturated carbocycles. The molecule has 5 nitrogen and oxygen atoms in total. The standard InChI is InChI=1S/C25H28N4O/c1-17-5-4-14-29(16-17)24-13-12-21(15-27-24)28-25(30)23-7-3-6-22(18(23)2)19-8-10-20(26)11-9-19/h3,6-13,15,17H,4-5,14,16,26H2,1-2H3,(H,28,30)/t17-/m1/s1. The van der Waals surface area contributed by atoms with Gasteiger partial charge in [0.2, 0.25) is 0 Å². The molecule has 0 radical (unpaired) electrons. The molecule has 3 aromatic rings. The monoisotopic (exact) mass is 400 g/mol. The number of amides is 1. The third-order valence-corrected chi connectivity index (χ3v) is 5.79. The third kappa shape index (κ3) is 4.30. The van der Waals surface area contributed by atoms with Crippen LogP contribution in [0.4, 0.5) is 17.2 Å². The second kappa shape index (κ2) is 8.57. The predicted octanol–water partition coefficient (Wildman–Crippen LogP) is 5.13. The first-order valence-corrected chi connectivity index (χ1v) is 10.5. The van der Waals surface area contributed by atoms with Crippen LogP contribution in [0.15, 0.2) is 60.8 Å². The van der Waals surface area contributed by atoms with Gasteiger partial charge in [0.25, 0.3) is 5.91 Å². The molecule has 0 aliphatic carbocycles. The number of nitrogens with zero attached hydrogens (tertiary/aromatic N) is 2. The van der Waals surface area contributed by atoms with Gasteiger partial charge in [0.15, 0.2) is 0 Å². The SMILES string of the molecule is Cc1c(C(=O)Nc2ccc(N3CCC[C@@H](C)C3)nc2)cccc1-c1ccc(N)cc1. The molecule has 5 heteroatoms. The Balaban J connectivity index is 1.50. The Morgan fingerprint density at radius 2 is 1.93 bits per heavy atom. The molecule has 0 spiro atoms. The first kappa shape index (κ1) is 20.0. The zero-order chi connectivity index (χ0) is 21.1. The quantitative estimate of drug-likeness (QED) is 0.596. The van der Waals surface area contributed by atoms with Gasteiger partial charge in [-0.1, -0.05) is 31.2 Å². The number of piperidine rings is 1. The van der Waals surface area contributed by atoms with Gasteiger partial charge in [0, 0.05) is 24.3 Å². The van der Waals surface area contributed by atoms with E-state index in [1.807, 2.05) is 61.5 Å². The number of carbonyl (C=O) groups excluding carboxylic acids is 1. The number of hydrogen-bond donors (Lipinski definition) is 2. The number of nitrogen functional groups attached to an aromatic ring is 1. The lowest BCUT2D eigenvalue weighted by Gasteiger charge is -2.31. The van der Waals surface area contributed by atoms with E-state index in [1.165, 1.54) is 12.8 Å². The highest BCUT2D eigenvalue weighted by Crippen LogP contribution is 2.27. The highest BCUT2D eigenvalue weighted by molar-refractivity contribution is 6.06. The molecule has 30 heavy (non-hydrogen) atoms. The number of pyridine rings is 1. The van der Waals surface area contributed by atoms with Crippen LogP contribution >= 0.6 is 0 Å². The summed E-state index contributed by atoms with van der Waals surface area (Å²) in [5.41, 5.74) is 10.9. The van der Waals surface area contributed by atoms with Crippen molar-refractivity contribution in [2.75, 3.05) is 29.0 Å². The summed E-state index contributed by atoms with van der Waals surface area (Å²) in [5, 5.41) is 2.99. The fourth-order valence-corrected chi connectivity index (χ4v) is 4.10. The summed E-state index contributed by atoms with van der Waals surface area (Å²) in [6.45, 7) is 6.33. The number of nitrogens with two attached hydrogens (primary N) is 1. The molecule has 1 amide bonds. The number of benzene rings is 2.